The summed E-state index contributed by atoms with van der Waals surface area (Å²) in [5.74, 6) is -0.138. The Morgan fingerprint density at radius 1 is 1.17 bits per heavy atom. The predicted octanol–water partition coefficient (Wildman–Crippen LogP) is 2.76. The summed E-state index contributed by atoms with van der Waals surface area (Å²) in [6.45, 7) is 0. The van der Waals surface area contributed by atoms with Gasteiger partial charge in [0, 0.05) is 11.5 Å². The molecule has 2 aromatic carbocycles. The lowest BCUT2D eigenvalue weighted by Gasteiger charge is -2.09. The second-order valence-corrected chi connectivity index (χ2v) is 4.82. The molecule has 23 heavy (non-hydrogen) atoms. The molecule has 3 rings (SSSR count). The minimum Gasteiger partial charge on any atom is -0.508 e. The quantitative estimate of drug-likeness (QED) is 0.726. The Kier molecular flexibility index (Phi) is 3.72. The number of methoxy groups -OCH3 is 1. The van der Waals surface area contributed by atoms with Gasteiger partial charge in [0.2, 0.25) is 0 Å². The smallest absolute Gasteiger partial charge is 0.349 e. The van der Waals surface area contributed by atoms with Crippen LogP contribution in [0.5, 0.6) is 11.5 Å². The topological polar surface area (TPSA) is 88.8 Å². The molecule has 0 aliphatic carbocycles. The number of hydrogen-bond donors (Lipinski definition) is 2. The Balaban J connectivity index is 1.99. The van der Waals surface area contributed by atoms with Crippen LogP contribution in [-0.4, -0.2) is 18.1 Å². The number of carbonyl (C=O) groups excluding carboxylic acids is 1. The standard InChI is InChI=1S/C17H13NO5/c1-22-14-5-3-2-4-13(14)18-16(20)12-8-10-6-7-11(19)9-15(10)23-17(12)21/h2-9,19H,1H3,(H,18,20). The van der Waals surface area contributed by atoms with E-state index in [1.165, 1.54) is 25.3 Å². The zero-order valence-corrected chi connectivity index (χ0v) is 12.2. The fourth-order valence-corrected chi connectivity index (χ4v) is 2.20. The Hall–Kier alpha value is -3.28. The Labute approximate surface area is 130 Å². The monoisotopic (exact) mass is 311 g/mol. The predicted molar refractivity (Wildman–Crippen MR) is 85.1 cm³/mol. The first-order chi connectivity index (χ1) is 11.1. The molecule has 3 aromatic rings. The van der Waals surface area contributed by atoms with Crippen LogP contribution in [0.2, 0.25) is 0 Å². The van der Waals surface area contributed by atoms with Gasteiger partial charge in [0.25, 0.3) is 5.91 Å². The lowest BCUT2D eigenvalue weighted by Crippen LogP contribution is -2.20. The molecule has 116 valence electrons. The number of nitrogens with one attached hydrogen (secondary N) is 1. The van der Waals surface area contributed by atoms with Gasteiger partial charge in [-0.05, 0) is 30.3 Å². The summed E-state index contributed by atoms with van der Waals surface area (Å²) in [4.78, 5) is 24.3. The minimum absolute atomic E-state index is 0.0214. The zero-order chi connectivity index (χ0) is 16.4. The number of aromatic hydroxyl groups is 1. The zero-order valence-electron chi connectivity index (χ0n) is 12.2. The van der Waals surface area contributed by atoms with Gasteiger partial charge < -0.3 is 19.6 Å². The third kappa shape index (κ3) is 2.87. The van der Waals surface area contributed by atoms with Crippen molar-refractivity contribution in [1.29, 1.82) is 0 Å². The average molecular weight is 311 g/mol. The van der Waals surface area contributed by atoms with Crippen molar-refractivity contribution < 1.29 is 19.1 Å². The molecule has 6 heteroatoms. The van der Waals surface area contributed by atoms with Crippen molar-refractivity contribution in [3.05, 3.63) is 64.5 Å². The number of amides is 1. The Bertz CT molecular complexity index is 945. The highest BCUT2D eigenvalue weighted by Crippen LogP contribution is 2.24. The first-order valence-electron chi connectivity index (χ1n) is 6.80. The summed E-state index contributed by atoms with van der Waals surface area (Å²) in [7, 11) is 1.49. The van der Waals surface area contributed by atoms with Gasteiger partial charge in [-0.25, -0.2) is 4.79 Å². The number of ether oxygens (including phenoxy) is 1. The van der Waals surface area contributed by atoms with Crippen LogP contribution in [-0.2, 0) is 0 Å². The van der Waals surface area contributed by atoms with E-state index >= 15 is 0 Å². The number of anilines is 1. The van der Waals surface area contributed by atoms with E-state index in [1.54, 1.807) is 30.3 Å². The number of hydrogen-bond acceptors (Lipinski definition) is 5. The summed E-state index contributed by atoms with van der Waals surface area (Å²) in [6, 6.07) is 12.6. The number of phenols is 1. The van der Waals surface area contributed by atoms with Crippen LogP contribution in [0.25, 0.3) is 11.0 Å². The average Bonchev–Trinajstić information content (AvgIpc) is 2.54. The maximum absolute atomic E-state index is 12.3. The van der Waals surface area contributed by atoms with Crippen LogP contribution in [0.1, 0.15) is 10.4 Å². The molecule has 2 N–H and O–H groups in total. The van der Waals surface area contributed by atoms with Crippen molar-refractivity contribution in [3.63, 3.8) is 0 Å². The summed E-state index contributed by atoms with van der Waals surface area (Å²) in [5.41, 5.74) is -0.251. The van der Waals surface area contributed by atoms with Crippen LogP contribution in [0.15, 0.2) is 57.7 Å². The molecule has 0 aliphatic rings. The molecule has 0 saturated carbocycles. The number of rotatable bonds is 3. The number of para-hydroxylation sites is 2. The number of carbonyl (C=O) groups is 1. The van der Waals surface area contributed by atoms with E-state index in [0.29, 0.717) is 16.8 Å². The third-order valence-electron chi connectivity index (χ3n) is 3.32. The largest absolute Gasteiger partial charge is 0.508 e. The highest BCUT2D eigenvalue weighted by Gasteiger charge is 2.15. The second kappa shape index (κ2) is 5.84. The van der Waals surface area contributed by atoms with Crippen molar-refractivity contribution >= 4 is 22.6 Å². The van der Waals surface area contributed by atoms with Gasteiger partial charge in [0.05, 0.1) is 12.8 Å². The molecule has 0 saturated heterocycles. The first kappa shape index (κ1) is 14.6. The molecule has 0 spiro atoms. The van der Waals surface area contributed by atoms with Crippen LogP contribution in [0.4, 0.5) is 5.69 Å². The normalized spacial score (nSPS) is 10.5. The number of phenolic OH excluding ortho intramolecular Hbond substituents is 1. The Morgan fingerprint density at radius 3 is 2.74 bits per heavy atom. The van der Waals surface area contributed by atoms with Gasteiger partial charge in [0.15, 0.2) is 0 Å². The van der Waals surface area contributed by atoms with E-state index in [9.17, 15) is 14.7 Å². The molecule has 1 aromatic heterocycles. The van der Waals surface area contributed by atoms with E-state index in [0.717, 1.165) is 0 Å². The second-order valence-electron chi connectivity index (χ2n) is 4.82. The lowest BCUT2D eigenvalue weighted by molar-refractivity contribution is 0.102. The molecule has 1 heterocycles. The Morgan fingerprint density at radius 2 is 1.96 bits per heavy atom. The SMILES string of the molecule is COc1ccccc1NC(=O)c1cc2ccc(O)cc2oc1=O. The van der Waals surface area contributed by atoms with Crippen LogP contribution in [0.3, 0.4) is 0 Å². The summed E-state index contributed by atoms with van der Waals surface area (Å²) in [6.07, 6.45) is 0. The highest BCUT2D eigenvalue weighted by atomic mass is 16.5. The van der Waals surface area contributed by atoms with E-state index in [2.05, 4.69) is 5.32 Å². The third-order valence-corrected chi connectivity index (χ3v) is 3.32. The van der Waals surface area contributed by atoms with Gasteiger partial charge in [-0.15, -0.1) is 0 Å². The van der Waals surface area contributed by atoms with E-state index in [-0.39, 0.29) is 16.9 Å². The fourth-order valence-electron chi connectivity index (χ4n) is 2.20. The van der Waals surface area contributed by atoms with Gasteiger partial charge in [-0.2, -0.15) is 0 Å². The van der Waals surface area contributed by atoms with Crippen molar-refractivity contribution in [2.24, 2.45) is 0 Å². The lowest BCUT2D eigenvalue weighted by atomic mass is 10.1. The summed E-state index contributed by atoms with van der Waals surface area (Å²) >= 11 is 0. The fraction of sp³-hybridized carbons (Fsp3) is 0.0588. The minimum atomic E-state index is -0.782. The van der Waals surface area contributed by atoms with Crippen molar-refractivity contribution in [2.45, 2.75) is 0 Å². The first-order valence-corrected chi connectivity index (χ1v) is 6.80. The maximum atomic E-state index is 12.3. The number of fused-ring (bicyclic) bond motifs is 1. The van der Waals surface area contributed by atoms with Gasteiger partial charge in [0.1, 0.15) is 22.6 Å². The molecule has 0 atom stereocenters. The van der Waals surface area contributed by atoms with Crippen LogP contribution in [0, 0.1) is 0 Å². The molecular formula is C17H13NO5. The van der Waals surface area contributed by atoms with Crippen LogP contribution >= 0.6 is 0 Å². The molecule has 6 nitrogen and oxygen atoms in total. The molecule has 0 bridgehead atoms. The van der Waals surface area contributed by atoms with Crippen LogP contribution < -0.4 is 15.7 Å². The summed E-state index contributed by atoms with van der Waals surface area (Å²) < 4.78 is 10.2. The highest BCUT2D eigenvalue weighted by molar-refractivity contribution is 6.06. The molecular weight excluding hydrogens is 298 g/mol. The molecule has 0 fully saturated rings. The van der Waals surface area contributed by atoms with Gasteiger partial charge in [-0.1, -0.05) is 12.1 Å². The number of benzene rings is 2. The molecule has 0 radical (unpaired) electrons. The van der Waals surface area contributed by atoms with Gasteiger partial charge >= 0.3 is 5.63 Å². The van der Waals surface area contributed by atoms with Crippen molar-refractivity contribution in [3.8, 4) is 11.5 Å². The van der Waals surface area contributed by atoms with Crippen molar-refractivity contribution in [1.82, 2.24) is 0 Å². The molecule has 0 aliphatic heterocycles. The van der Waals surface area contributed by atoms with E-state index in [1.807, 2.05) is 0 Å². The molecule has 0 unspecified atom stereocenters. The van der Waals surface area contributed by atoms with Crippen molar-refractivity contribution in [2.75, 3.05) is 12.4 Å². The van der Waals surface area contributed by atoms with Gasteiger partial charge in [-0.3, -0.25) is 4.79 Å². The maximum Gasteiger partial charge on any atom is 0.349 e. The van der Waals surface area contributed by atoms with E-state index < -0.39 is 11.5 Å². The molecule has 1 amide bonds. The van der Waals surface area contributed by atoms with E-state index in [4.69, 9.17) is 9.15 Å². The summed E-state index contributed by atoms with van der Waals surface area (Å²) in [5, 5.41) is 12.6.